The second kappa shape index (κ2) is 4.95. The van der Waals surface area contributed by atoms with Gasteiger partial charge in [0.15, 0.2) is 12.0 Å². The van der Waals surface area contributed by atoms with Crippen LogP contribution in [0.2, 0.25) is 0 Å². The molecule has 0 bridgehead atoms. The number of likely N-dealkylation sites (tertiary alicyclic amines) is 1. The summed E-state index contributed by atoms with van der Waals surface area (Å²) in [6.07, 6.45) is 0.775. The number of piperidine rings is 1. The topological polar surface area (TPSA) is 116 Å². The number of fused-ring (bicyclic) bond motifs is 1. The quantitative estimate of drug-likeness (QED) is 0.763. The van der Waals surface area contributed by atoms with Gasteiger partial charge in [0.2, 0.25) is 0 Å². The van der Waals surface area contributed by atoms with Crippen molar-refractivity contribution in [1.29, 1.82) is 0 Å². The predicted octanol–water partition coefficient (Wildman–Crippen LogP) is 1.40. The fourth-order valence-corrected chi connectivity index (χ4v) is 3.43. The van der Waals surface area contributed by atoms with E-state index in [0.717, 1.165) is 0 Å². The Balaban J connectivity index is 1.73. The van der Waals surface area contributed by atoms with Crippen LogP contribution in [-0.2, 0) is 4.79 Å². The fraction of sp³-hybridized carbons (Fsp3) is 0.333. The van der Waals surface area contributed by atoms with Crippen LogP contribution in [0.3, 0.4) is 0 Å². The van der Waals surface area contributed by atoms with Gasteiger partial charge in [0, 0.05) is 18.8 Å². The first-order valence-corrected chi connectivity index (χ1v) is 7.48. The van der Waals surface area contributed by atoms with Gasteiger partial charge in [0.1, 0.15) is 11.1 Å². The third-order valence-electron chi connectivity index (χ3n) is 4.71. The van der Waals surface area contributed by atoms with E-state index in [1.54, 1.807) is 18.2 Å². The first kappa shape index (κ1) is 14.5. The van der Waals surface area contributed by atoms with Gasteiger partial charge in [-0.15, -0.1) is 0 Å². The molecule has 4 amide bonds. The molecule has 0 aliphatic carbocycles. The largest absolute Gasteiger partial charge is 0.465 e. The normalized spacial score (nSPS) is 20.0. The molecule has 2 fully saturated rings. The Kier molecular flexibility index (Phi) is 2.99. The maximum absolute atomic E-state index is 12.5. The zero-order chi connectivity index (χ0) is 16.9. The summed E-state index contributed by atoms with van der Waals surface area (Å²) >= 11 is 0. The maximum atomic E-state index is 12.5. The van der Waals surface area contributed by atoms with Crippen molar-refractivity contribution < 1.29 is 23.9 Å². The van der Waals surface area contributed by atoms with Crippen LogP contribution in [0.4, 0.5) is 15.3 Å². The van der Waals surface area contributed by atoms with E-state index >= 15 is 0 Å². The van der Waals surface area contributed by atoms with Gasteiger partial charge in [-0.05, 0) is 31.0 Å². The molecule has 9 nitrogen and oxygen atoms in total. The molecule has 2 aliphatic rings. The number of carbonyl (C=O) groups is 3. The molecule has 9 heteroatoms. The van der Waals surface area contributed by atoms with Crippen molar-refractivity contribution in [2.24, 2.45) is 0 Å². The van der Waals surface area contributed by atoms with Crippen LogP contribution in [0.5, 0.6) is 0 Å². The molecule has 1 aromatic heterocycles. The summed E-state index contributed by atoms with van der Waals surface area (Å²) in [5, 5.41) is 11.4. The fourth-order valence-electron chi connectivity index (χ4n) is 3.43. The highest BCUT2D eigenvalue weighted by Crippen LogP contribution is 2.38. The lowest BCUT2D eigenvalue weighted by molar-refractivity contribution is -0.124. The smallest absolute Gasteiger partial charge is 0.407 e. The zero-order valence-electron chi connectivity index (χ0n) is 12.6. The van der Waals surface area contributed by atoms with Gasteiger partial charge in [-0.1, -0.05) is 0 Å². The number of oxazole rings is 1. The number of carbonyl (C=O) groups excluding carboxylic acids is 2. The number of urea groups is 1. The first-order valence-electron chi connectivity index (χ1n) is 7.48. The summed E-state index contributed by atoms with van der Waals surface area (Å²) in [6, 6.07) is 4.55. The van der Waals surface area contributed by atoms with Crippen molar-refractivity contribution in [3.05, 3.63) is 24.6 Å². The van der Waals surface area contributed by atoms with Crippen LogP contribution in [0.1, 0.15) is 12.8 Å². The molecule has 2 N–H and O–H groups in total. The monoisotopic (exact) mass is 330 g/mol. The van der Waals surface area contributed by atoms with Crippen LogP contribution >= 0.6 is 0 Å². The number of rotatable bonds is 1. The predicted molar refractivity (Wildman–Crippen MR) is 81.6 cm³/mol. The Labute approximate surface area is 135 Å². The maximum Gasteiger partial charge on any atom is 0.407 e. The Morgan fingerprint density at radius 3 is 2.75 bits per heavy atom. The highest BCUT2D eigenvalue weighted by molar-refractivity contribution is 6.17. The van der Waals surface area contributed by atoms with E-state index < -0.39 is 23.6 Å². The van der Waals surface area contributed by atoms with Gasteiger partial charge in [0.25, 0.3) is 5.91 Å². The molecular formula is C15H14N4O5. The molecule has 4 rings (SSSR count). The number of nitrogens with zero attached hydrogens (tertiary/aromatic N) is 3. The molecular weight excluding hydrogens is 316 g/mol. The van der Waals surface area contributed by atoms with Crippen molar-refractivity contribution in [3.8, 4) is 0 Å². The average Bonchev–Trinajstić information content (AvgIpc) is 3.11. The van der Waals surface area contributed by atoms with Gasteiger partial charge in [-0.3, -0.25) is 15.0 Å². The SMILES string of the molecule is O=C(O)N1CCC2(CC1)C(=O)NC(=O)N2c1ccc2ocnc2c1. The van der Waals surface area contributed by atoms with Crippen LogP contribution < -0.4 is 10.2 Å². The molecule has 0 atom stereocenters. The molecule has 0 radical (unpaired) electrons. The molecule has 1 aromatic carbocycles. The van der Waals surface area contributed by atoms with Crippen molar-refractivity contribution in [2.45, 2.75) is 18.4 Å². The number of benzene rings is 1. The van der Waals surface area contributed by atoms with Crippen molar-refractivity contribution in [1.82, 2.24) is 15.2 Å². The molecule has 2 aromatic rings. The van der Waals surface area contributed by atoms with E-state index in [9.17, 15) is 14.4 Å². The van der Waals surface area contributed by atoms with Crippen LogP contribution in [0.15, 0.2) is 29.0 Å². The van der Waals surface area contributed by atoms with E-state index in [-0.39, 0.29) is 25.9 Å². The Hall–Kier alpha value is -3.10. The number of nitrogens with one attached hydrogen (secondary N) is 1. The van der Waals surface area contributed by atoms with Crippen LogP contribution in [0.25, 0.3) is 11.1 Å². The van der Waals surface area contributed by atoms with E-state index in [0.29, 0.717) is 16.8 Å². The third-order valence-corrected chi connectivity index (χ3v) is 4.71. The van der Waals surface area contributed by atoms with E-state index in [1.165, 1.54) is 16.2 Å². The number of anilines is 1. The van der Waals surface area contributed by atoms with Crippen molar-refractivity contribution in [3.63, 3.8) is 0 Å². The van der Waals surface area contributed by atoms with Crippen molar-refractivity contribution in [2.75, 3.05) is 18.0 Å². The number of carboxylic acid groups (broad SMARTS) is 1. The van der Waals surface area contributed by atoms with Crippen LogP contribution in [0, 0.1) is 0 Å². The van der Waals surface area contributed by atoms with Gasteiger partial charge in [-0.2, -0.15) is 0 Å². The minimum absolute atomic E-state index is 0.193. The minimum Gasteiger partial charge on any atom is -0.465 e. The lowest BCUT2D eigenvalue weighted by Crippen LogP contribution is -2.57. The summed E-state index contributed by atoms with van der Waals surface area (Å²) in [7, 11) is 0. The molecule has 3 heterocycles. The summed E-state index contributed by atoms with van der Waals surface area (Å²) in [4.78, 5) is 42.7. The standard InChI is InChI=1S/C15H14N4O5/c20-12-15(3-5-18(6-4-15)14(22)23)19(13(21)17-12)9-1-2-11-10(7-9)16-8-24-11/h1-2,7-8H,3-6H2,(H,22,23)(H,17,20,21). The first-order chi connectivity index (χ1) is 11.5. The molecule has 2 aliphatic heterocycles. The lowest BCUT2D eigenvalue weighted by atomic mass is 9.85. The highest BCUT2D eigenvalue weighted by Gasteiger charge is 2.55. The number of hydrogen-bond donors (Lipinski definition) is 2. The number of amides is 4. The Morgan fingerprint density at radius 1 is 1.29 bits per heavy atom. The summed E-state index contributed by atoms with van der Waals surface area (Å²) < 4.78 is 5.19. The average molecular weight is 330 g/mol. The summed E-state index contributed by atoms with van der Waals surface area (Å²) in [5.74, 6) is -0.391. The number of imide groups is 1. The molecule has 124 valence electrons. The number of hydrogen-bond acceptors (Lipinski definition) is 5. The molecule has 0 saturated carbocycles. The number of aromatic nitrogens is 1. The molecule has 2 saturated heterocycles. The summed E-state index contributed by atoms with van der Waals surface area (Å²) in [5.41, 5.74) is 0.626. The summed E-state index contributed by atoms with van der Waals surface area (Å²) in [6.45, 7) is 0.386. The van der Waals surface area contributed by atoms with E-state index in [1.807, 2.05) is 0 Å². The van der Waals surface area contributed by atoms with Gasteiger partial charge < -0.3 is 14.4 Å². The Morgan fingerprint density at radius 2 is 2.04 bits per heavy atom. The molecule has 1 spiro atoms. The lowest BCUT2D eigenvalue weighted by Gasteiger charge is -2.41. The second-order valence-corrected chi connectivity index (χ2v) is 5.90. The van der Waals surface area contributed by atoms with Crippen LogP contribution in [-0.4, -0.2) is 51.7 Å². The zero-order valence-corrected chi connectivity index (χ0v) is 12.6. The van der Waals surface area contributed by atoms with Crippen molar-refractivity contribution >= 4 is 34.8 Å². The molecule has 0 unspecified atom stereocenters. The minimum atomic E-state index is -1.07. The Bertz CT molecular complexity index is 852. The van der Waals surface area contributed by atoms with E-state index in [4.69, 9.17) is 9.52 Å². The third kappa shape index (κ3) is 1.94. The van der Waals surface area contributed by atoms with Gasteiger partial charge in [-0.25, -0.2) is 14.6 Å². The van der Waals surface area contributed by atoms with E-state index in [2.05, 4.69) is 10.3 Å². The second-order valence-electron chi connectivity index (χ2n) is 5.90. The highest BCUT2D eigenvalue weighted by atomic mass is 16.4. The van der Waals surface area contributed by atoms with Gasteiger partial charge in [0.05, 0.1) is 0 Å². The van der Waals surface area contributed by atoms with Gasteiger partial charge >= 0.3 is 12.1 Å². The molecule has 24 heavy (non-hydrogen) atoms.